The number of hydrogen-bond acceptors (Lipinski definition) is 5. The number of halogens is 1. The number of benzene rings is 2. The predicted molar refractivity (Wildman–Crippen MR) is 102 cm³/mol. The Morgan fingerprint density at radius 2 is 2.00 bits per heavy atom. The van der Waals surface area contributed by atoms with Crippen molar-refractivity contribution in [1.82, 2.24) is 15.2 Å². The Bertz CT molecular complexity index is 1220. The summed E-state index contributed by atoms with van der Waals surface area (Å²) in [4.78, 5) is 24.9. The van der Waals surface area contributed by atoms with Gasteiger partial charge in [0.2, 0.25) is 0 Å². The van der Waals surface area contributed by atoms with Crippen LogP contribution in [0.3, 0.4) is 0 Å². The number of carbonyl (C=O) groups excluding carboxylic acids is 1. The Labute approximate surface area is 159 Å². The number of nitrogens with one attached hydrogen (secondary N) is 1. The highest BCUT2D eigenvalue weighted by Gasteiger charge is 2.31. The number of hydrogen-bond donors (Lipinski definition) is 2. The second-order valence-electron chi connectivity index (χ2n) is 6.78. The molecule has 0 saturated heterocycles. The van der Waals surface area contributed by atoms with E-state index in [0.29, 0.717) is 34.0 Å². The maximum absolute atomic E-state index is 14.1. The lowest BCUT2D eigenvalue weighted by Crippen LogP contribution is -2.27. The number of aromatic hydroxyl groups is 1. The van der Waals surface area contributed by atoms with Crippen LogP contribution in [0.4, 0.5) is 4.39 Å². The summed E-state index contributed by atoms with van der Waals surface area (Å²) in [6, 6.07) is 9.16. The molecule has 28 heavy (non-hydrogen) atoms. The van der Waals surface area contributed by atoms with E-state index in [1.807, 2.05) is 6.92 Å². The SMILES string of the molecule is C[C@H]1C/C(=N\NC(=O)c2nn(C)c(=O)c3ccccc23)c2c(O)ccc(F)c21. The minimum atomic E-state index is -0.601. The molecule has 0 aliphatic heterocycles. The first-order valence-corrected chi connectivity index (χ1v) is 8.73. The van der Waals surface area contributed by atoms with Crippen LogP contribution >= 0.6 is 0 Å². The Morgan fingerprint density at radius 1 is 1.29 bits per heavy atom. The van der Waals surface area contributed by atoms with Crippen LogP contribution in [0.25, 0.3) is 10.8 Å². The summed E-state index contributed by atoms with van der Waals surface area (Å²) in [5.41, 5.74) is 3.26. The Morgan fingerprint density at radius 3 is 2.75 bits per heavy atom. The molecular weight excluding hydrogens is 363 g/mol. The molecule has 0 fully saturated rings. The van der Waals surface area contributed by atoms with Gasteiger partial charge in [-0.2, -0.15) is 10.2 Å². The first-order chi connectivity index (χ1) is 13.4. The zero-order valence-corrected chi connectivity index (χ0v) is 15.2. The summed E-state index contributed by atoms with van der Waals surface area (Å²) in [5.74, 6) is -1.27. The molecule has 1 heterocycles. The van der Waals surface area contributed by atoms with Gasteiger partial charge in [-0.25, -0.2) is 14.5 Å². The van der Waals surface area contributed by atoms with Gasteiger partial charge in [0.1, 0.15) is 11.6 Å². The molecule has 4 rings (SSSR count). The maximum atomic E-state index is 14.1. The van der Waals surface area contributed by atoms with Gasteiger partial charge in [-0.3, -0.25) is 9.59 Å². The van der Waals surface area contributed by atoms with Crippen LogP contribution in [0, 0.1) is 5.82 Å². The first-order valence-electron chi connectivity index (χ1n) is 8.73. The van der Waals surface area contributed by atoms with E-state index in [2.05, 4.69) is 15.6 Å². The van der Waals surface area contributed by atoms with Crippen LogP contribution in [-0.4, -0.2) is 26.5 Å². The molecule has 2 N–H and O–H groups in total. The van der Waals surface area contributed by atoms with E-state index in [1.54, 1.807) is 24.3 Å². The van der Waals surface area contributed by atoms with E-state index in [1.165, 1.54) is 19.2 Å². The maximum Gasteiger partial charge on any atom is 0.292 e. The van der Waals surface area contributed by atoms with Gasteiger partial charge in [-0.05, 0) is 30.5 Å². The van der Waals surface area contributed by atoms with E-state index in [9.17, 15) is 19.1 Å². The number of amides is 1. The molecule has 0 radical (unpaired) electrons. The molecule has 0 spiro atoms. The van der Waals surface area contributed by atoms with Gasteiger partial charge in [0.25, 0.3) is 11.5 Å². The van der Waals surface area contributed by atoms with Crippen LogP contribution in [0.15, 0.2) is 46.3 Å². The molecule has 1 amide bonds. The quantitative estimate of drug-likeness (QED) is 0.668. The lowest BCUT2D eigenvalue weighted by molar-refractivity contribution is 0.0949. The lowest BCUT2D eigenvalue weighted by Gasteiger charge is -2.08. The highest BCUT2D eigenvalue weighted by molar-refractivity contribution is 6.09. The normalized spacial score (nSPS) is 17.1. The van der Waals surface area contributed by atoms with Gasteiger partial charge >= 0.3 is 0 Å². The van der Waals surface area contributed by atoms with E-state index in [0.717, 1.165) is 4.68 Å². The molecule has 0 bridgehead atoms. The second kappa shape index (κ2) is 6.56. The molecule has 0 unspecified atom stereocenters. The summed E-state index contributed by atoms with van der Waals surface area (Å²) in [7, 11) is 1.47. The van der Waals surface area contributed by atoms with E-state index < -0.39 is 11.7 Å². The summed E-state index contributed by atoms with van der Waals surface area (Å²) in [6.45, 7) is 1.83. The minimum Gasteiger partial charge on any atom is -0.507 e. The van der Waals surface area contributed by atoms with Crippen LogP contribution in [0.2, 0.25) is 0 Å². The third-order valence-corrected chi connectivity index (χ3v) is 4.92. The Hall–Kier alpha value is -3.55. The third-order valence-electron chi connectivity index (χ3n) is 4.92. The predicted octanol–water partition coefficient (Wildman–Crippen LogP) is 2.42. The molecule has 1 aliphatic rings. The van der Waals surface area contributed by atoms with Gasteiger partial charge in [-0.15, -0.1) is 0 Å². The molecule has 1 aromatic heterocycles. The van der Waals surface area contributed by atoms with E-state index in [-0.39, 0.29) is 22.9 Å². The summed E-state index contributed by atoms with van der Waals surface area (Å²) in [6.07, 6.45) is 0.381. The monoisotopic (exact) mass is 380 g/mol. The van der Waals surface area contributed by atoms with Crippen molar-refractivity contribution >= 4 is 22.4 Å². The van der Waals surface area contributed by atoms with Crippen molar-refractivity contribution in [3.05, 3.63) is 69.4 Å². The van der Waals surface area contributed by atoms with Gasteiger partial charge in [0.05, 0.1) is 11.1 Å². The molecule has 7 nitrogen and oxygen atoms in total. The lowest BCUT2D eigenvalue weighted by atomic mass is 10.0. The number of phenols is 1. The molecular formula is C20H17FN4O3. The average Bonchev–Trinajstić information content (AvgIpc) is 3.03. The number of aryl methyl sites for hydroxylation is 1. The van der Waals surface area contributed by atoms with Crippen LogP contribution in [0.1, 0.15) is 40.9 Å². The largest absolute Gasteiger partial charge is 0.507 e. The molecule has 2 aromatic carbocycles. The van der Waals surface area contributed by atoms with Gasteiger partial charge in [-0.1, -0.05) is 25.1 Å². The number of nitrogens with zero attached hydrogens (tertiary/aromatic N) is 3. The molecule has 3 aromatic rings. The van der Waals surface area contributed by atoms with E-state index >= 15 is 0 Å². The zero-order chi connectivity index (χ0) is 20.0. The second-order valence-corrected chi connectivity index (χ2v) is 6.78. The Balaban J connectivity index is 1.73. The van der Waals surface area contributed by atoms with E-state index in [4.69, 9.17) is 0 Å². The van der Waals surface area contributed by atoms with Crippen LogP contribution < -0.4 is 11.0 Å². The van der Waals surface area contributed by atoms with Crippen molar-refractivity contribution in [2.75, 3.05) is 0 Å². The van der Waals surface area contributed by atoms with Crippen molar-refractivity contribution in [2.24, 2.45) is 12.1 Å². The van der Waals surface area contributed by atoms with Gasteiger partial charge < -0.3 is 5.11 Å². The van der Waals surface area contributed by atoms with Crippen molar-refractivity contribution in [1.29, 1.82) is 0 Å². The molecule has 1 aliphatic carbocycles. The molecule has 8 heteroatoms. The van der Waals surface area contributed by atoms with Gasteiger partial charge in [0.15, 0.2) is 5.69 Å². The topological polar surface area (TPSA) is 96.6 Å². The van der Waals surface area contributed by atoms with Crippen LogP contribution in [0.5, 0.6) is 5.75 Å². The minimum absolute atomic E-state index is 0.0526. The molecule has 142 valence electrons. The van der Waals surface area contributed by atoms with Crippen molar-refractivity contribution in [3.63, 3.8) is 0 Å². The fraction of sp³-hybridized carbons (Fsp3) is 0.200. The zero-order valence-electron chi connectivity index (χ0n) is 15.2. The standard InChI is InChI=1S/C20H17FN4O3/c1-10-9-14(17-15(26)8-7-13(21)16(10)17)22-23-19(27)18-11-5-3-4-6-12(11)20(28)25(2)24-18/h3-8,10,26H,9H2,1-2H3,(H,23,27)/b22-14+/t10-/m0/s1. The summed E-state index contributed by atoms with van der Waals surface area (Å²) < 4.78 is 15.2. The summed E-state index contributed by atoms with van der Waals surface area (Å²) in [5, 5.41) is 19.1. The number of hydrazone groups is 1. The van der Waals surface area contributed by atoms with Crippen LogP contribution in [-0.2, 0) is 7.05 Å². The van der Waals surface area contributed by atoms with Crippen molar-refractivity contribution < 1.29 is 14.3 Å². The van der Waals surface area contributed by atoms with Crippen molar-refractivity contribution in [2.45, 2.75) is 19.3 Å². The smallest absolute Gasteiger partial charge is 0.292 e. The Kier molecular flexibility index (Phi) is 4.18. The molecule has 0 saturated carbocycles. The fourth-order valence-electron chi connectivity index (χ4n) is 3.60. The number of phenolic OH excluding ortho intramolecular Hbond substituents is 1. The highest BCUT2D eigenvalue weighted by Crippen LogP contribution is 2.39. The first kappa shape index (κ1) is 17.8. The van der Waals surface area contributed by atoms with Gasteiger partial charge in [0, 0.05) is 23.6 Å². The van der Waals surface area contributed by atoms with Crippen molar-refractivity contribution in [3.8, 4) is 5.75 Å². The number of carbonyl (C=O) groups is 1. The number of aromatic nitrogens is 2. The fourth-order valence-corrected chi connectivity index (χ4v) is 3.60. The number of fused-ring (bicyclic) bond motifs is 2. The summed E-state index contributed by atoms with van der Waals surface area (Å²) >= 11 is 0. The average molecular weight is 380 g/mol. The highest BCUT2D eigenvalue weighted by atomic mass is 19.1. The number of rotatable bonds is 2. The molecule has 1 atom stereocenters. The third kappa shape index (κ3) is 2.74.